The lowest BCUT2D eigenvalue weighted by atomic mass is 9.81. The molecule has 3 aliphatic heterocycles. The fourth-order valence-electron chi connectivity index (χ4n) is 5.48. The number of benzene rings is 1. The number of ether oxygens (including phenoxy) is 1. The quantitative estimate of drug-likeness (QED) is 0.782. The number of rotatable bonds is 4. The van der Waals surface area contributed by atoms with Crippen LogP contribution in [0.4, 0.5) is 0 Å². The highest BCUT2D eigenvalue weighted by Gasteiger charge is 2.47. The number of para-hydroxylation sites is 1. The highest BCUT2D eigenvalue weighted by atomic mass is 16.5. The maximum absolute atomic E-state index is 12.6. The van der Waals surface area contributed by atoms with Crippen LogP contribution in [0.1, 0.15) is 44.1 Å². The van der Waals surface area contributed by atoms with Crippen molar-refractivity contribution in [3.63, 3.8) is 0 Å². The van der Waals surface area contributed by atoms with Gasteiger partial charge in [0.25, 0.3) is 0 Å². The molecule has 1 aromatic heterocycles. The topological polar surface area (TPSA) is 50.6 Å². The minimum Gasteiger partial charge on any atom is -0.482 e. The summed E-state index contributed by atoms with van der Waals surface area (Å²) in [6, 6.07) is 8.37. The van der Waals surface area contributed by atoms with E-state index in [0.29, 0.717) is 5.91 Å². The molecule has 30 heavy (non-hydrogen) atoms. The van der Waals surface area contributed by atoms with Gasteiger partial charge in [-0.15, -0.1) is 0 Å². The molecule has 4 heterocycles. The molecule has 1 aromatic carbocycles. The molecule has 0 bridgehead atoms. The van der Waals surface area contributed by atoms with Crippen molar-refractivity contribution in [2.45, 2.75) is 50.7 Å². The number of carbonyl (C=O) groups excluding carboxylic acids is 1. The average molecular weight is 407 g/mol. The number of aromatic nitrogens is 2. The predicted octanol–water partition coefficient (Wildman–Crippen LogP) is 3.27. The molecule has 1 amide bonds. The fourth-order valence-corrected chi connectivity index (χ4v) is 5.48. The first-order chi connectivity index (χ1) is 14.7. The van der Waals surface area contributed by atoms with Crippen molar-refractivity contribution in [3.8, 4) is 17.0 Å². The Balaban J connectivity index is 1.30. The Hall–Kier alpha value is -2.34. The van der Waals surface area contributed by atoms with Gasteiger partial charge in [-0.2, -0.15) is 5.10 Å². The first kappa shape index (κ1) is 18.4. The van der Waals surface area contributed by atoms with Gasteiger partial charge in [-0.3, -0.25) is 9.48 Å². The van der Waals surface area contributed by atoms with Gasteiger partial charge in [-0.25, -0.2) is 0 Å². The Kier molecular flexibility index (Phi) is 4.37. The smallest absolute Gasteiger partial charge is 0.225 e. The molecule has 1 aliphatic carbocycles. The number of carbonyl (C=O) groups is 1. The molecule has 4 aliphatic rings. The molecule has 6 heteroatoms. The zero-order valence-electron chi connectivity index (χ0n) is 17.6. The van der Waals surface area contributed by atoms with Gasteiger partial charge < -0.3 is 14.5 Å². The molecule has 6 rings (SSSR count). The SMILES string of the molecule is O=C(C1CC1)N1CCC2(CC1)Oc1ccccc1-c1c2cnn1CCN1CCCC1. The van der Waals surface area contributed by atoms with Crippen molar-refractivity contribution in [2.75, 3.05) is 32.7 Å². The molecule has 6 nitrogen and oxygen atoms in total. The van der Waals surface area contributed by atoms with E-state index in [4.69, 9.17) is 9.84 Å². The summed E-state index contributed by atoms with van der Waals surface area (Å²) in [5.74, 6) is 1.59. The summed E-state index contributed by atoms with van der Waals surface area (Å²) in [5, 5.41) is 4.83. The average Bonchev–Trinajstić information content (AvgIpc) is 3.31. The zero-order chi connectivity index (χ0) is 20.1. The van der Waals surface area contributed by atoms with E-state index in [1.807, 2.05) is 12.3 Å². The number of hydrogen-bond acceptors (Lipinski definition) is 4. The summed E-state index contributed by atoms with van der Waals surface area (Å²) in [4.78, 5) is 17.2. The number of fused-ring (bicyclic) bond motifs is 4. The Bertz CT molecular complexity index is 950. The molecule has 2 saturated heterocycles. The van der Waals surface area contributed by atoms with Gasteiger partial charge in [0.05, 0.1) is 18.4 Å². The van der Waals surface area contributed by atoms with Crippen LogP contribution < -0.4 is 4.74 Å². The molecule has 1 spiro atoms. The van der Waals surface area contributed by atoms with Crippen LogP contribution in [0, 0.1) is 5.92 Å². The predicted molar refractivity (Wildman–Crippen MR) is 114 cm³/mol. The van der Waals surface area contributed by atoms with Crippen molar-refractivity contribution in [2.24, 2.45) is 5.92 Å². The van der Waals surface area contributed by atoms with E-state index in [1.165, 1.54) is 37.2 Å². The Labute approximate surface area is 177 Å². The molecular weight excluding hydrogens is 376 g/mol. The molecule has 0 N–H and O–H groups in total. The van der Waals surface area contributed by atoms with Crippen molar-refractivity contribution < 1.29 is 9.53 Å². The third-order valence-electron chi connectivity index (χ3n) is 7.41. The van der Waals surface area contributed by atoms with Crippen LogP contribution in [0.2, 0.25) is 0 Å². The second kappa shape index (κ2) is 7.12. The van der Waals surface area contributed by atoms with Crippen molar-refractivity contribution >= 4 is 5.91 Å². The van der Waals surface area contributed by atoms with Crippen LogP contribution in [-0.2, 0) is 16.9 Å². The van der Waals surface area contributed by atoms with Gasteiger partial charge in [0, 0.05) is 49.5 Å². The van der Waals surface area contributed by atoms with Gasteiger partial charge in [0.2, 0.25) is 5.91 Å². The lowest BCUT2D eigenvalue weighted by molar-refractivity contribution is -0.136. The van der Waals surface area contributed by atoms with E-state index < -0.39 is 0 Å². The number of nitrogens with zero attached hydrogens (tertiary/aromatic N) is 4. The largest absolute Gasteiger partial charge is 0.482 e. The van der Waals surface area contributed by atoms with Crippen LogP contribution in [0.5, 0.6) is 5.75 Å². The third-order valence-corrected chi connectivity index (χ3v) is 7.41. The second-order valence-electron chi connectivity index (χ2n) is 9.37. The van der Waals surface area contributed by atoms with E-state index in [-0.39, 0.29) is 11.5 Å². The van der Waals surface area contributed by atoms with Crippen molar-refractivity contribution in [3.05, 3.63) is 36.0 Å². The molecule has 2 aromatic rings. The van der Waals surface area contributed by atoms with Crippen LogP contribution >= 0.6 is 0 Å². The third kappa shape index (κ3) is 3.04. The summed E-state index contributed by atoms with van der Waals surface area (Å²) >= 11 is 0. The first-order valence-electron chi connectivity index (χ1n) is 11.6. The monoisotopic (exact) mass is 406 g/mol. The summed E-state index contributed by atoms with van der Waals surface area (Å²) in [5.41, 5.74) is 3.21. The maximum Gasteiger partial charge on any atom is 0.225 e. The van der Waals surface area contributed by atoms with Crippen LogP contribution in [-0.4, -0.2) is 58.2 Å². The number of amides is 1. The van der Waals surface area contributed by atoms with Gasteiger partial charge >= 0.3 is 0 Å². The van der Waals surface area contributed by atoms with Gasteiger partial charge in [-0.1, -0.05) is 12.1 Å². The number of hydrogen-bond donors (Lipinski definition) is 0. The minimum absolute atomic E-state index is 0.288. The Morgan fingerprint density at radius 3 is 2.60 bits per heavy atom. The lowest BCUT2D eigenvalue weighted by Gasteiger charge is -2.44. The van der Waals surface area contributed by atoms with E-state index in [9.17, 15) is 4.79 Å². The highest BCUT2D eigenvalue weighted by molar-refractivity contribution is 5.81. The number of piperidine rings is 1. The number of likely N-dealkylation sites (tertiary alicyclic amines) is 2. The summed E-state index contributed by atoms with van der Waals surface area (Å²) in [7, 11) is 0. The zero-order valence-corrected chi connectivity index (χ0v) is 17.6. The van der Waals surface area contributed by atoms with E-state index in [2.05, 4.69) is 32.7 Å². The van der Waals surface area contributed by atoms with E-state index >= 15 is 0 Å². The second-order valence-corrected chi connectivity index (χ2v) is 9.37. The van der Waals surface area contributed by atoms with Gasteiger partial charge in [-0.05, 0) is 50.9 Å². The summed E-state index contributed by atoms with van der Waals surface area (Å²) < 4.78 is 8.87. The molecule has 158 valence electrons. The molecule has 1 saturated carbocycles. The van der Waals surface area contributed by atoms with Crippen LogP contribution in [0.3, 0.4) is 0 Å². The van der Waals surface area contributed by atoms with E-state index in [0.717, 1.165) is 63.2 Å². The molecular formula is C24H30N4O2. The van der Waals surface area contributed by atoms with Gasteiger partial charge in [0.1, 0.15) is 11.4 Å². The van der Waals surface area contributed by atoms with E-state index in [1.54, 1.807) is 0 Å². The standard InChI is InChI=1S/C24H30N4O2/c29-23(18-7-8-18)27-13-9-24(10-14-27)20-17-25-28(16-15-26-11-3-4-12-26)22(20)19-5-1-2-6-21(19)30-24/h1-2,5-6,17-18H,3-4,7-16H2. The van der Waals surface area contributed by atoms with Gasteiger partial charge in [0.15, 0.2) is 0 Å². The molecule has 3 fully saturated rings. The first-order valence-corrected chi connectivity index (χ1v) is 11.6. The maximum atomic E-state index is 12.6. The van der Waals surface area contributed by atoms with Crippen molar-refractivity contribution in [1.29, 1.82) is 0 Å². The molecule has 0 radical (unpaired) electrons. The normalized spacial score (nSPS) is 22.6. The lowest BCUT2D eigenvalue weighted by Crippen LogP contribution is -2.49. The summed E-state index contributed by atoms with van der Waals surface area (Å²) in [6.07, 6.45) is 8.47. The highest BCUT2D eigenvalue weighted by Crippen LogP contribution is 2.49. The minimum atomic E-state index is -0.365. The molecule has 0 atom stereocenters. The van der Waals surface area contributed by atoms with Crippen LogP contribution in [0.15, 0.2) is 30.5 Å². The fraction of sp³-hybridized carbons (Fsp3) is 0.583. The molecule has 0 unspecified atom stereocenters. The Morgan fingerprint density at radius 2 is 1.83 bits per heavy atom. The van der Waals surface area contributed by atoms with Crippen LogP contribution in [0.25, 0.3) is 11.3 Å². The van der Waals surface area contributed by atoms with Crippen molar-refractivity contribution in [1.82, 2.24) is 19.6 Å². The summed E-state index contributed by atoms with van der Waals surface area (Å²) in [6.45, 7) is 5.92. The Morgan fingerprint density at radius 1 is 1.07 bits per heavy atom.